The predicted octanol–water partition coefficient (Wildman–Crippen LogP) is 2.26. The van der Waals surface area contributed by atoms with Crippen LogP contribution in [0.3, 0.4) is 0 Å². The molecule has 5 rings (SSSR count). The summed E-state index contributed by atoms with van der Waals surface area (Å²) in [6, 6.07) is 11.6. The molecule has 1 aliphatic heterocycles. The van der Waals surface area contributed by atoms with E-state index in [0.29, 0.717) is 30.2 Å². The lowest BCUT2D eigenvalue weighted by atomic mass is 10.1. The molecule has 0 fully saturated rings. The smallest absolute Gasteiger partial charge is 0.332 e. The van der Waals surface area contributed by atoms with Crippen molar-refractivity contribution in [3.05, 3.63) is 80.4 Å². The van der Waals surface area contributed by atoms with Gasteiger partial charge < -0.3 is 13.9 Å². The average Bonchev–Trinajstić information content (AvgIpc) is 3.39. The van der Waals surface area contributed by atoms with E-state index in [1.54, 1.807) is 13.3 Å². The van der Waals surface area contributed by atoms with Gasteiger partial charge in [0.1, 0.15) is 5.76 Å². The average molecular weight is 405 g/mol. The molecule has 1 aliphatic rings. The second-order valence-electron chi connectivity index (χ2n) is 7.75. The van der Waals surface area contributed by atoms with Gasteiger partial charge in [0, 0.05) is 20.1 Å². The summed E-state index contributed by atoms with van der Waals surface area (Å²) in [4.78, 5) is 33.2. The van der Waals surface area contributed by atoms with E-state index in [0.717, 1.165) is 29.9 Å². The molecular weight excluding hydrogens is 382 g/mol. The molecule has 1 aromatic carbocycles. The zero-order valence-electron chi connectivity index (χ0n) is 17.0. The van der Waals surface area contributed by atoms with Gasteiger partial charge in [-0.3, -0.25) is 13.9 Å². The zero-order chi connectivity index (χ0) is 20.8. The number of rotatable bonds is 4. The molecule has 0 amide bonds. The Bertz CT molecular complexity index is 1340. The van der Waals surface area contributed by atoms with Crippen molar-refractivity contribution in [3.8, 4) is 0 Å². The second kappa shape index (κ2) is 7.05. The Balaban J connectivity index is 1.66. The molecule has 4 aromatic rings. The van der Waals surface area contributed by atoms with Crippen LogP contribution in [0.5, 0.6) is 0 Å². The van der Waals surface area contributed by atoms with Gasteiger partial charge in [0.25, 0.3) is 5.56 Å². The lowest BCUT2D eigenvalue weighted by Crippen LogP contribution is -2.40. The lowest BCUT2D eigenvalue weighted by molar-refractivity contribution is 0.481. The van der Waals surface area contributed by atoms with Gasteiger partial charge in [-0.15, -0.1) is 0 Å². The highest BCUT2D eigenvalue weighted by molar-refractivity contribution is 5.75. The number of benzene rings is 1. The molecule has 0 aliphatic carbocycles. The molecule has 0 N–H and O–H groups in total. The molecule has 4 heterocycles. The summed E-state index contributed by atoms with van der Waals surface area (Å²) in [5.74, 6) is 1.54. The first-order valence-electron chi connectivity index (χ1n) is 10.1. The van der Waals surface area contributed by atoms with Crippen LogP contribution in [0.25, 0.3) is 11.2 Å². The van der Waals surface area contributed by atoms with Crippen LogP contribution in [0.15, 0.2) is 56.7 Å². The molecule has 0 bridgehead atoms. The topological polar surface area (TPSA) is 78.2 Å². The molecule has 154 valence electrons. The monoisotopic (exact) mass is 405 g/mol. The van der Waals surface area contributed by atoms with E-state index in [1.807, 2.05) is 47.9 Å². The number of furan rings is 1. The molecular formula is C22H23N5O3. The number of hydrogen-bond acceptors (Lipinski definition) is 5. The van der Waals surface area contributed by atoms with E-state index in [4.69, 9.17) is 9.40 Å². The first-order valence-corrected chi connectivity index (χ1v) is 10.1. The van der Waals surface area contributed by atoms with Crippen molar-refractivity contribution >= 4 is 17.1 Å². The Morgan fingerprint density at radius 3 is 2.67 bits per heavy atom. The van der Waals surface area contributed by atoms with Crippen LogP contribution < -0.4 is 16.1 Å². The van der Waals surface area contributed by atoms with Crippen LogP contribution in [-0.2, 0) is 26.7 Å². The maximum absolute atomic E-state index is 13.4. The van der Waals surface area contributed by atoms with Crippen molar-refractivity contribution in [3.63, 3.8) is 0 Å². The van der Waals surface area contributed by atoms with E-state index in [2.05, 4.69) is 4.90 Å². The van der Waals surface area contributed by atoms with Gasteiger partial charge in [-0.1, -0.05) is 24.3 Å². The maximum Gasteiger partial charge on any atom is 0.332 e. The largest absolute Gasteiger partial charge is 0.467 e. The first kappa shape index (κ1) is 18.5. The third-order valence-corrected chi connectivity index (χ3v) is 5.82. The van der Waals surface area contributed by atoms with Crippen LogP contribution in [0.4, 0.5) is 5.95 Å². The van der Waals surface area contributed by atoms with Crippen LogP contribution in [0.2, 0.25) is 0 Å². The standard InChI is InChI=1S/C22H23N5O3/c1-15-7-3-4-8-16(15)13-27-20(28)18-19(24(2)22(27)29)23-21-25(10-6-11-26(18)21)14-17-9-5-12-30-17/h3-5,7-9,12H,6,10-11,13-14H2,1-2H3. The number of fused-ring (bicyclic) bond motifs is 3. The van der Waals surface area contributed by atoms with Gasteiger partial charge in [-0.05, 0) is 36.6 Å². The minimum atomic E-state index is -0.358. The molecule has 0 radical (unpaired) electrons. The number of anilines is 1. The van der Waals surface area contributed by atoms with Crippen LogP contribution in [0.1, 0.15) is 23.3 Å². The number of nitrogens with zero attached hydrogens (tertiary/aromatic N) is 5. The normalized spacial score (nSPS) is 13.7. The van der Waals surface area contributed by atoms with Crippen LogP contribution in [-0.4, -0.2) is 25.2 Å². The SMILES string of the molecule is Cc1ccccc1Cn1c(=O)c2c(nc3n2CCCN3Cc2ccco2)n(C)c1=O. The number of aryl methyl sites for hydroxylation is 3. The van der Waals surface area contributed by atoms with Crippen LogP contribution >= 0.6 is 0 Å². The highest BCUT2D eigenvalue weighted by Crippen LogP contribution is 2.26. The van der Waals surface area contributed by atoms with E-state index in [-0.39, 0.29) is 17.8 Å². The number of aromatic nitrogens is 4. The molecule has 3 aromatic heterocycles. The first-order chi connectivity index (χ1) is 14.5. The number of hydrogen-bond donors (Lipinski definition) is 0. The van der Waals surface area contributed by atoms with Gasteiger partial charge in [-0.25, -0.2) is 4.79 Å². The summed E-state index contributed by atoms with van der Waals surface area (Å²) in [6.07, 6.45) is 2.54. The molecule has 0 atom stereocenters. The van der Waals surface area contributed by atoms with Gasteiger partial charge in [0.15, 0.2) is 11.2 Å². The zero-order valence-corrected chi connectivity index (χ0v) is 17.0. The fraction of sp³-hybridized carbons (Fsp3) is 0.318. The lowest BCUT2D eigenvalue weighted by Gasteiger charge is -2.28. The summed E-state index contributed by atoms with van der Waals surface area (Å²) in [5, 5.41) is 0. The summed E-state index contributed by atoms with van der Waals surface area (Å²) in [5.41, 5.74) is 2.25. The summed E-state index contributed by atoms with van der Waals surface area (Å²) in [6.45, 7) is 4.30. The predicted molar refractivity (Wildman–Crippen MR) is 114 cm³/mol. The number of imidazole rings is 1. The van der Waals surface area contributed by atoms with Crippen molar-refractivity contribution in [1.82, 2.24) is 18.7 Å². The quantitative estimate of drug-likeness (QED) is 0.520. The third-order valence-electron chi connectivity index (χ3n) is 5.82. The van der Waals surface area contributed by atoms with Crippen molar-refractivity contribution in [2.75, 3.05) is 11.4 Å². The summed E-state index contributed by atoms with van der Waals surface area (Å²) in [7, 11) is 1.67. The van der Waals surface area contributed by atoms with E-state index in [9.17, 15) is 9.59 Å². The molecule has 0 saturated heterocycles. The Hall–Kier alpha value is -3.55. The van der Waals surface area contributed by atoms with Crippen molar-refractivity contribution in [2.45, 2.75) is 33.0 Å². The maximum atomic E-state index is 13.4. The fourth-order valence-electron chi connectivity index (χ4n) is 4.17. The molecule has 8 nitrogen and oxygen atoms in total. The van der Waals surface area contributed by atoms with Crippen molar-refractivity contribution in [2.24, 2.45) is 7.05 Å². The van der Waals surface area contributed by atoms with E-state index < -0.39 is 0 Å². The van der Waals surface area contributed by atoms with Crippen LogP contribution in [0, 0.1) is 6.92 Å². The highest BCUT2D eigenvalue weighted by Gasteiger charge is 2.26. The Morgan fingerprint density at radius 1 is 1.07 bits per heavy atom. The van der Waals surface area contributed by atoms with E-state index >= 15 is 0 Å². The second-order valence-corrected chi connectivity index (χ2v) is 7.75. The van der Waals surface area contributed by atoms with Gasteiger partial charge >= 0.3 is 5.69 Å². The molecule has 0 saturated carbocycles. The molecule has 0 spiro atoms. The molecule has 0 unspecified atom stereocenters. The highest BCUT2D eigenvalue weighted by atomic mass is 16.3. The Kier molecular flexibility index (Phi) is 4.34. The Morgan fingerprint density at radius 2 is 1.90 bits per heavy atom. The minimum Gasteiger partial charge on any atom is -0.467 e. The van der Waals surface area contributed by atoms with Crippen molar-refractivity contribution in [1.29, 1.82) is 0 Å². The fourth-order valence-corrected chi connectivity index (χ4v) is 4.17. The third kappa shape index (κ3) is 2.87. The molecule has 30 heavy (non-hydrogen) atoms. The van der Waals surface area contributed by atoms with Gasteiger partial charge in [0.2, 0.25) is 5.95 Å². The summed E-state index contributed by atoms with van der Waals surface area (Å²) >= 11 is 0. The minimum absolute atomic E-state index is 0.241. The van der Waals surface area contributed by atoms with Gasteiger partial charge in [-0.2, -0.15) is 4.98 Å². The van der Waals surface area contributed by atoms with Gasteiger partial charge in [0.05, 0.1) is 19.4 Å². The van der Waals surface area contributed by atoms with Crippen molar-refractivity contribution < 1.29 is 4.42 Å². The summed E-state index contributed by atoms with van der Waals surface area (Å²) < 4.78 is 10.2. The Labute approximate surface area is 172 Å². The molecule has 8 heteroatoms. The van der Waals surface area contributed by atoms with E-state index in [1.165, 1.54) is 9.13 Å².